The van der Waals surface area contributed by atoms with Crippen LogP contribution in [0.25, 0.3) is 44.7 Å². The Bertz CT molecular complexity index is 2780. The monoisotopic (exact) mass is 936 g/mol. The summed E-state index contributed by atoms with van der Waals surface area (Å²) in [5.41, 5.74) is 5.15. The van der Waals surface area contributed by atoms with E-state index in [-0.39, 0.29) is 29.8 Å². The van der Waals surface area contributed by atoms with E-state index in [0.29, 0.717) is 58.8 Å². The Kier molecular flexibility index (Phi) is 13.1. The van der Waals surface area contributed by atoms with E-state index in [0.717, 1.165) is 53.5 Å². The smallest absolute Gasteiger partial charge is 0.407 e. The first kappa shape index (κ1) is 46.8. The van der Waals surface area contributed by atoms with Crippen LogP contribution in [-0.4, -0.2) is 114 Å². The van der Waals surface area contributed by atoms with Crippen molar-refractivity contribution in [2.75, 3.05) is 27.3 Å². The van der Waals surface area contributed by atoms with E-state index in [1.807, 2.05) is 86.2 Å². The fraction of sp³-hybridized carbons (Fsp3) is 0.490. The van der Waals surface area contributed by atoms with Gasteiger partial charge in [-0.25, -0.2) is 23.9 Å². The molecule has 2 aromatic carbocycles. The molecule has 0 saturated carbocycles. The van der Waals surface area contributed by atoms with Crippen molar-refractivity contribution in [2.45, 2.75) is 116 Å². The second kappa shape index (κ2) is 19.0. The predicted molar refractivity (Wildman–Crippen MR) is 250 cm³/mol. The lowest BCUT2D eigenvalue weighted by molar-refractivity contribution is -0.0440. The van der Waals surface area contributed by atoms with Crippen molar-refractivity contribution < 1.29 is 42.9 Å². The molecule has 6 N–H and O–H groups in total. The third kappa shape index (κ3) is 8.71. The Morgan fingerprint density at radius 3 is 1.90 bits per heavy atom. The minimum absolute atomic E-state index is 0.0602. The molecule has 0 radical (unpaired) electrons. The number of alkyl carbamates (subject to hydrolysis) is 2. The highest BCUT2D eigenvalue weighted by molar-refractivity contribution is 5.92. The van der Waals surface area contributed by atoms with Crippen LogP contribution in [-0.2, 0) is 9.47 Å². The van der Waals surface area contributed by atoms with Crippen molar-refractivity contribution >= 4 is 23.1 Å². The summed E-state index contributed by atoms with van der Waals surface area (Å²) in [7, 11) is 2.59. The number of aliphatic hydroxyl groups excluding tert-OH is 2. The van der Waals surface area contributed by atoms with Gasteiger partial charge in [-0.1, -0.05) is 52.8 Å². The number of benzene rings is 2. The lowest BCUT2D eigenvalue weighted by Crippen LogP contribution is -2.54. The molecule has 2 saturated heterocycles. The first-order valence-electron chi connectivity index (χ1n) is 23.4. The standard InChI is InChI=1S/C49H61FN10O8/c1-24(2)31-21-39(68-57-31)47-60-34-14-13-27(32-22-51-43(53-32)35-11-9-15-58(35)45(61)41(25(3)4)55-48(63)65-7)17-29(34)19-37(60)40-30(50)18-28(20-38(40)67-47)33-23-52-44(54-33)36-12-10-16-59(36)46(62)42(26(5)6)56-49(64)66-8/h13-14,17-26,35-36,41-42,45-47,61-62H,9-12,15-16H2,1-8H3,(H,51,53)(H,52,54)(H,55,63)(H,56,64)/t35-,36-,41?,42?,45?,46?,47-/m0/s1. The summed E-state index contributed by atoms with van der Waals surface area (Å²) in [6.45, 7) is 13.0. The van der Waals surface area contributed by atoms with Gasteiger partial charge >= 0.3 is 12.2 Å². The minimum atomic E-state index is -1.00. The second-order valence-electron chi connectivity index (χ2n) is 19.1. The molecule has 0 spiro atoms. The van der Waals surface area contributed by atoms with Crippen LogP contribution in [0.1, 0.15) is 115 Å². The Morgan fingerprint density at radius 2 is 1.37 bits per heavy atom. The molecule has 7 heterocycles. The van der Waals surface area contributed by atoms with Crippen LogP contribution >= 0.6 is 0 Å². The maximum Gasteiger partial charge on any atom is 0.407 e. The number of imidazole rings is 2. The molecule has 3 aliphatic rings. The zero-order valence-corrected chi connectivity index (χ0v) is 39.6. The number of carbonyl (C=O) groups excluding carboxylic acids is 2. The van der Waals surface area contributed by atoms with E-state index in [9.17, 15) is 19.8 Å². The quantitative estimate of drug-likeness (QED) is 0.0611. The van der Waals surface area contributed by atoms with Gasteiger partial charge in [-0.2, -0.15) is 0 Å². The molecule has 7 atom stereocenters. The Labute approximate surface area is 393 Å². The van der Waals surface area contributed by atoms with Crippen LogP contribution in [0.15, 0.2) is 59.4 Å². The van der Waals surface area contributed by atoms with Gasteiger partial charge in [-0.3, -0.25) is 14.4 Å². The fourth-order valence-corrected chi connectivity index (χ4v) is 10.1. The number of likely N-dealkylation sites (tertiary alicyclic amines) is 2. The number of ether oxygens (including phenoxy) is 3. The number of H-pyrrole nitrogens is 2. The largest absolute Gasteiger partial charge is 0.462 e. The summed E-state index contributed by atoms with van der Waals surface area (Å²) in [5, 5.41) is 33.8. The number of aromatic nitrogens is 6. The first-order chi connectivity index (χ1) is 32.6. The Balaban J connectivity index is 1.03. The number of nitrogens with one attached hydrogen (secondary N) is 4. The van der Waals surface area contributed by atoms with Gasteiger partial charge in [-0.05, 0) is 73.8 Å². The summed E-state index contributed by atoms with van der Waals surface area (Å²) in [5.74, 6) is 1.54. The molecular formula is C49H61FN10O8. The molecule has 6 aromatic rings. The third-order valence-corrected chi connectivity index (χ3v) is 13.7. The number of fused-ring (bicyclic) bond motifs is 5. The van der Waals surface area contributed by atoms with Gasteiger partial charge in [0.1, 0.15) is 35.7 Å². The molecule has 0 bridgehead atoms. The molecule has 2 fully saturated rings. The van der Waals surface area contributed by atoms with Gasteiger partial charge < -0.3 is 49.5 Å². The maximum absolute atomic E-state index is 16.9. The van der Waals surface area contributed by atoms with Crippen molar-refractivity contribution in [3.05, 3.63) is 83.8 Å². The normalized spacial score (nSPS) is 20.4. The SMILES string of the molecule is COC(=O)NC(C(C)C)C(O)N1CCC[C@H]1c1ncc(-c2cc(F)c3c(c2)O[C@@H](c2cc(C(C)C)no2)n2c-3cc3cc(-c4cnc([C@@H]5CCCN5C(O)C(NC(=O)OC)C(C)C)[nH]4)ccc32)[nH]1. The van der Waals surface area contributed by atoms with Gasteiger partial charge in [0, 0.05) is 35.7 Å². The number of nitrogens with zero attached hydrogens (tertiary/aromatic N) is 6. The summed E-state index contributed by atoms with van der Waals surface area (Å²) in [6, 6.07) is 11.5. The van der Waals surface area contributed by atoms with E-state index in [1.165, 1.54) is 20.3 Å². The molecule has 19 heteroatoms. The molecule has 0 aliphatic carbocycles. The van der Waals surface area contributed by atoms with E-state index in [2.05, 4.69) is 25.8 Å². The van der Waals surface area contributed by atoms with Crippen molar-refractivity contribution in [1.29, 1.82) is 0 Å². The van der Waals surface area contributed by atoms with Crippen molar-refractivity contribution in [3.8, 4) is 39.5 Å². The van der Waals surface area contributed by atoms with Crippen LogP contribution in [0.2, 0.25) is 0 Å². The van der Waals surface area contributed by atoms with E-state index >= 15 is 4.39 Å². The van der Waals surface area contributed by atoms with Crippen molar-refractivity contribution in [3.63, 3.8) is 0 Å². The number of carbonyl (C=O) groups is 2. The number of aliphatic hydroxyl groups is 2. The average Bonchev–Trinajstić information content (AvgIpc) is 4.18. The minimum Gasteiger partial charge on any atom is -0.462 e. The van der Waals surface area contributed by atoms with Crippen LogP contribution in [0, 0.1) is 17.7 Å². The number of rotatable bonds is 14. The topological polar surface area (TPSA) is 221 Å². The summed E-state index contributed by atoms with van der Waals surface area (Å²) in [4.78, 5) is 44.6. The molecule has 9 rings (SSSR count). The van der Waals surface area contributed by atoms with E-state index in [4.69, 9.17) is 28.7 Å². The second-order valence-corrected chi connectivity index (χ2v) is 19.1. The zero-order chi connectivity index (χ0) is 48.1. The number of hydrogen-bond acceptors (Lipinski definition) is 13. The molecule has 18 nitrogen and oxygen atoms in total. The number of hydrogen-bond donors (Lipinski definition) is 6. The lowest BCUT2D eigenvalue weighted by atomic mass is 10.0. The number of methoxy groups -OCH3 is 2. The van der Waals surface area contributed by atoms with Gasteiger partial charge in [0.25, 0.3) is 0 Å². The number of amides is 2. The molecule has 4 aromatic heterocycles. The highest BCUT2D eigenvalue weighted by Crippen LogP contribution is 2.48. The van der Waals surface area contributed by atoms with Crippen LogP contribution in [0.5, 0.6) is 5.75 Å². The summed E-state index contributed by atoms with van der Waals surface area (Å²) < 4.78 is 41.2. The van der Waals surface area contributed by atoms with Gasteiger partial charge in [0.15, 0.2) is 5.76 Å². The van der Waals surface area contributed by atoms with E-state index in [1.54, 1.807) is 18.5 Å². The molecule has 4 unspecified atom stereocenters. The molecule has 362 valence electrons. The van der Waals surface area contributed by atoms with E-state index < -0.39 is 48.8 Å². The molecule has 2 amide bonds. The van der Waals surface area contributed by atoms with Crippen molar-refractivity contribution in [2.24, 2.45) is 11.8 Å². The summed E-state index contributed by atoms with van der Waals surface area (Å²) in [6.07, 6.45) is 2.59. The highest BCUT2D eigenvalue weighted by atomic mass is 19.1. The lowest BCUT2D eigenvalue weighted by Gasteiger charge is -2.35. The highest BCUT2D eigenvalue weighted by Gasteiger charge is 2.41. The van der Waals surface area contributed by atoms with Crippen LogP contribution < -0.4 is 15.4 Å². The average molecular weight is 937 g/mol. The zero-order valence-electron chi connectivity index (χ0n) is 39.6. The molecule has 68 heavy (non-hydrogen) atoms. The van der Waals surface area contributed by atoms with Crippen molar-refractivity contribution in [1.82, 2.24) is 50.1 Å². The molecular weight excluding hydrogens is 876 g/mol. The van der Waals surface area contributed by atoms with Gasteiger partial charge in [0.05, 0.1) is 84.6 Å². The number of aromatic amines is 2. The Hall–Kier alpha value is -6.28. The fourth-order valence-electron chi connectivity index (χ4n) is 10.1. The maximum atomic E-state index is 16.9. The van der Waals surface area contributed by atoms with Gasteiger partial charge in [-0.15, -0.1) is 0 Å². The van der Waals surface area contributed by atoms with Crippen LogP contribution in [0.4, 0.5) is 14.0 Å². The van der Waals surface area contributed by atoms with Crippen LogP contribution in [0.3, 0.4) is 0 Å². The third-order valence-electron chi connectivity index (χ3n) is 13.7. The predicted octanol–water partition coefficient (Wildman–Crippen LogP) is 7.95. The number of halogens is 1. The van der Waals surface area contributed by atoms with Gasteiger partial charge in [0.2, 0.25) is 6.23 Å². The molecule has 3 aliphatic heterocycles. The Morgan fingerprint density at radius 1 is 0.794 bits per heavy atom. The first-order valence-corrected chi connectivity index (χ1v) is 23.4. The summed E-state index contributed by atoms with van der Waals surface area (Å²) >= 11 is 0.